The summed E-state index contributed by atoms with van der Waals surface area (Å²) in [6.45, 7) is 3.06. The van der Waals surface area contributed by atoms with Crippen molar-refractivity contribution in [3.63, 3.8) is 0 Å². The molecule has 1 aliphatic rings. The van der Waals surface area contributed by atoms with Gasteiger partial charge in [-0.25, -0.2) is 8.42 Å². The van der Waals surface area contributed by atoms with Crippen molar-refractivity contribution < 1.29 is 13.2 Å². The van der Waals surface area contributed by atoms with E-state index in [-0.39, 0.29) is 11.9 Å². The minimum absolute atomic E-state index is 0.00368. The number of para-hydroxylation sites is 1. The minimum atomic E-state index is -3.48. The summed E-state index contributed by atoms with van der Waals surface area (Å²) in [4.78, 5) is 0. The molecule has 1 aliphatic heterocycles. The molecule has 5 heteroatoms. The van der Waals surface area contributed by atoms with Crippen LogP contribution < -0.4 is 4.31 Å². The highest BCUT2D eigenvalue weighted by Crippen LogP contribution is 2.24. The average Bonchev–Trinajstić information content (AvgIpc) is 3.06. The Hall–Kier alpha value is -1.85. The van der Waals surface area contributed by atoms with Crippen LogP contribution in [0, 0.1) is 6.92 Å². The van der Waals surface area contributed by atoms with Gasteiger partial charge in [0.25, 0.3) is 0 Å². The molecule has 0 spiro atoms. The van der Waals surface area contributed by atoms with E-state index in [0.717, 1.165) is 24.0 Å². The molecule has 0 N–H and O–H groups in total. The maximum absolute atomic E-state index is 13.1. The molecular weight excluding hydrogens is 322 g/mol. The van der Waals surface area contributed by atoms with Crippen LogP contribution in [-0.2, 0) is 20.5 Å². The highest BCUT2D eigenvalue weighted by Gasteiger charge is 2.28. The monoisotopic (exact) mass is 345 g/mol. The van der Waals surface area contributed by atoms with Gasteiger partial charge in [0.2, 0.25) is 10.0 Å². The summed E-state index contributed by atoms with van der Waals surface area (Å²) in [5.74, 6) is -0.00368. The normalized spacial score (nSPS) is 17.8. The topological polar surface area (TPSA) is 46.6 Å². The molecular formula is C19H23NO3S. The van der Waals surface area contributed by atoms with Crippen molar-refractivity contribution in [3.05, 3.63) is 65.7 Å². The predicted molar refractivity (Wildman–Crippen MR) is 96.6 cm³/mol. The maximum atomic E-state index is 13.1. The molecule has 2 aromatic carbocycles. The van der Waals surface area contributed by atoms with Gasteiger partial charge in [-0.3, -0.25) is 4.31 Å². The number of ether oxygens (including phenoxy) is 1. The Kier molecular flexibility index (Phi) is 5.21. The lowest BCUT2D eigenvalue weighted by atomic mass is 10.2. The van der Waals surface area contributed by atoms with Gasteiger partial charge in [-0.05, 0) is 37.5 Å². The molecule has 1 unspecified atom stereocenters. The van der Waals surface area contributed by atoms with Crippen LogP contribution in [0.4, 0.5) is 5.69 Å². The van der Waals surface area contributed by atoms with Gasteiger partial charge in [0.15, 0.2) is 0 Å². The highest BCUT2D eigenvalue weighted by atomic mass is 32.2. The van der Waals surface area contributed by atoms with E-state index in [1.165, 1.54) is 4.31 Å². The number of aryl methyl sites for hydroxylation is 1. The largest absolute Gasteiger partial charge is 0.376 e. The number of hydrogen-bond acceptors (Lipinski definition) is 3. The van der Waals surface area contributed by atoms with Crippen LogP contribution in [0.2, 0.25) is 0 Å². The third-order valence-electron chi connectivity index (χ3n) is 4.20. The Morgan fingerprint density at radius 2 is 1.92 bits per heavy atom. The first kappa shape index (κ1) is 17.0. The van der Waals surface area contributed by atoms with E-state index in [2.05, 4.69) is 0 Å². The Labute approximate surface area is 144 Å². The number of sulfonamides is 1. The minimum Gasteiger partial charge on any atom is -0.376 e. The zero-order valence-corrected chi connectivity index (χ0v) is 14.7. The Morgan fingerprint density at radius 1 is 1.12 bits per heavy atom. The van der Waals surface area contributed by atoms with Crippen LogP contribution in [0.1, 0.15) is 24.0 Å². The van der Waals surface area contributed by atoms with E-state index < -0.39 is 10.0 Å². The molecule has 0 aromatic heterocycles. The van der Waals surface area contributed by atoms with E-state index in [0.29, 0.717) is 18.8 Å². The third kappa shape index (κ3) is 4.16. The molecule has 1 fully saturated rings. The van der Waals surface area contributed by atoms with Crippen LogP contribution in [0.25, 0.3) is 0 Å². The van der Waals surface area contributed by atoms with E-state index in [4.69, 9.17) is 4.74 Å². The Morgan fingerprint density at radius 3 is 2.58 bits per heavy atom. The van der Waals surface area contributed by atoms with Crippen molar-refractivity contribution in [1.82, 2.24) is 0 Å². The van der Waals surface area contributed by atoms with Gasteiger partial charge in [-0.2, -0.15) is 0 Å². The lowest BCUT2D eigenvalue weighted by molar-refractivity contribution is 0.118. The van der Waals surface area contributed by atoms with Crippen molar-refractivity contribution in [1.29, 1.82) is 0 Å². The molecule has 2 aromatic rings. The van der Waals surface area contributed by atoms with Gasteiger partial charge in [0.1, 0.15) is 0 Å². The smallest absolute Gasteiger partial charge is 0.239 e. The van der Waals surface area contributed by atoms with Crippen molar-refractivity contribution in [3.8, 4) is 0 Å². The van der Waals surface area contributed by atoms with Crippen molar-refractivity contribution in [2.24, 2.45) is 0 Å². The molecule has 0 aliphatic carbocycles. The fraction of sp³-hybridized carbons (Fsp3) is 0.368. The van der Waals surface area contributed by atoms with Gasteiger partial charge < -0.3 is 4.74 Å². The first-order valence-electron chi connectivity index (χ1n) is 8.27. The van der Waals surface area contributed by atoms with Gasteiger partial charge in [0.05, 0.1) is 24.1 Å². The number of rotatable bonds is 6. The Balaban J connectivity index is 1.88. The van der Waals surface area contributed by atoms with Crippen molar-refractivity contribution in [2.75, 3.05) is 17.5 Å². The number of benzene rings is 2. The zero-order valence-electron chi connectivity index (χ0n) is 13.9. The molecule has 128 valence electrons. The summed E-state index contributed by atoms with van der Waals surface area (Å²) >= 11 is 0. The second-order valence-electron chi connectivity index (χ2n) is 6.25. The molecule has 1 atom stereocenters. The van der Waals surface area contributed by atoms with Gasteiger partial charge in [-0.1, -0.05) is 48.0 Å². The van der Waals surface area contributed by atoms with Gasteiger partial charge in [-0.15, -0.1) is 0 Å². The summed E-state index contributed by atoms with van der Waals surface area (Å²) in [7, 11) is -3.48. The van der Waals surface area contributed by atoms with E-state index in [1.54, 1.807) is 0 Å². The first-order chi connectivity index (χ1) is 11.5. The second-order valence-corrected chi connectivity index (χ2v) is 8.14. The molecule has 0 radical (unpaired) electrons. The average molecular weight is 345 g/mol. The fourth-order valence-corrected chi connectivity index (χ4v) is 4.63. The quantitative estimate of drug-likeness (QED) is 0.805. The predicted octanol–water partition coefficient (Wildman–Crippen LogP) is 3.51. The third-order valence-corrected chi connectivity index (χ3v) is 5.93. The van der Waals surface area contributed by atoms with Crippen molar-refractivity contribution >= 4 is 15.7 Å². The van der Waals surface area contributed by atoms with Gasteiger partial charge in [0, 0.05) is 6.61 Å². The SMILES string of the molecule is Cc1cccc(CS(=O)(=O)N(CC2CCCO2)c2ccccc2)c1. The van der Waals surface area contributed by atoms with Crippen LogP contribution >= 0.6 is 0 Å². The molecule has 3 rings (SSSR count). The first-order valence-corrected chi connectivity index (χ1v) is 9.88. The molecule has 1 saturated heterocycles. The van der Waals surface area contributed by atoms with Crippen LogP contribution in [0.5, 0.6) is 0 Å². The van der Waals surface area contributed by atoms with E-state index >= 15 is 0 Å². The molecule has 0 amide bonds. The molecule has 4 nitrogen and oxygen atoms in total. The van der Waals surface area contributed by atoms with Crippen LogP contribution in [-0.4, -0.2) is 27.7 Å². The van der Waals surface area contributed by atoms with E-state index in [1.807, 2.05) is 61.5 Å². The Bertz CT molecular complexity index is 768. The number of hydrogen-bond donors (Lipinski definition) is 0. The summed E-state index contributed by atoms with van der Waals surface area (Å²) in [6, 6.07) is 16.9. The number of anilines is 1. The lowest BCUT2D eigenvalue weighted by Crippen LogP contribution is -2.38. The van der Waals surface area contributed by atoms with Crippen LogP contribution in [0.3, 0.4) is 0 Å². The van der Waals surface area contributed by atoms with Crippen molar-refractivity contribution in [2.45, 2.75) is 31.6 Å². The summed E-state index contributed by atoms with van der Waals surface area (Å²) in [5.41, 5.74) is 2.57. The molecule has 24 heavy (non-hydrogen) atoms. The molecule has 1 heterocycles. The maximum Gasteiger partial charge on any atom is 0.239 e. The van der Waals surface area contributed by atoms with Gasteiger partial charge >= 0.3 is 0 Å². The summed E-state index contributed by atoms with van der Waals surface area (Å²) in [5, 5.41) is 0. The van der Waals surface area contributed by atoms with E-state index in [9.17, 15) is 8.42 Å². The molecule has 0 bridgehead atoms. The fourth-order valence-electron chi connectivity index (χ4n) is 3.04. The lowest BCUT2D eigenvalue weighted by Gasteiger charge is -2.27. The zero-order chi connectivity index (χ0) is 17.0. The summed E-state index contributed by atoms with van der Waals surface area (Å²) in [6.07, 6.45) is 1.87. The second kappa shape index (κ2) is 7.36. The standard InChI is InChI=1S/C19H23NO3S/c1-16-7-5-8-17(13-16)15-24(21,22)20(14-19-11-6-12-23-19)18-9-3-2-4-10-18/h2-5,7-10,13,19H,6,11-12,14-15H2,1H3. The summed E-state index contributed by atoms with van der Waals surface area (Å²) < 4.78 is 33.3. The molecule has 0 saturated carbocycles. The number of nitrogens with zero attached hydrogens (tertiary/aromatic N) is 1. The highest BCUT2D eigenvalue weighted by molar-refractivity contribution is 7.92. The van der Waals surface area contributed by atoms with Crippen LogP contribution in [0.15, 0.2) is 54.6 Å².